The molecule has 8 heteroatoms. The average molecular weight is 347 g/mol. The summed E-state index contributed by atoms with van der Waals surface area (Å²) in [5.74, 6) is 1.41. The molecule has 0 fully saturated rings. The minimum Gasteiger partial charge on any atom is -0.508 e. The van der Waals surface area contributed by atoms with Crippen molar-refractivity contribution in [1.29, 1.82) is 0 Å². The molecule has 2 aromatic carbocycles. The number of fused-ring (bicyclic) bond motifs is 1. The number of benzene rings is 2. The highest BCUT2D eigenvalue weighted by molar-refractivity contribution is 5.98. The molecule has 4 rings (SSSR count). The smallest absolute Gasteiger partial charge is 0.188 e. The van der Waals surface area contributed by atoms with Crippen molar-refractivity contribution in [1.82, 2.24) is 20.2 Å². The molecule has 0 saturated carbocycles. The van der Waals surface area contributed by atoms with E-state index >= 15 is 0 Å². The maximum absolute atomic E-state index is 9.65. The first kappa shape index (κ1) is 15.9. The Hall–Kier alpha value is -3.65. The van der Waals surface area contributed by atoms with Gasteiger partial charge in [-0.1, -0.05) is 18.2 Å². The number of aromatic nitrogens is 4. The molecular formula is C18H17N7O. The van der Waals surface area contributed by atoms with Gasteiger partial charge in [0.25, 0.3) is 0 Å². The largest absolute Gasteiger partial charge is 0.508 e. The van der Waals surface area contributed by atoms with Crippen molar-refractivity contribution in [2.24, 2.45) is 5.73 Å². The van der Waals surface area contributed by atoms with Gasteiger partial charge in [0.15, 0.2) is 5.65 Å². The summed E-state index contributed by atoms with van der Waals surface area (Å²) >= 11 is 0. The second-order valence-corrected chi connectivity index (χ2v) is 5.72. The number of aromatic amines is 1. The quantitative estimate of drug-likeness (QED) is 0.376. The Morgan fingerprint density at radius 1 is 1.00 bits per heavy atom. The fourth-order valence-electron chi connectivity index (χ4n) is 2.68. The third-order valence-electron chi connectivity index (χ3n) is 3.89. The number of aromatic hydroxyl groups is 1. The normalized spacial score (nSPS) is 10.8. The summed E-state index contributed by atoms with van der Waals surface area (Å²) < 4.78 is 0. The van der Waals surface area contributed by atoms with E-state index in [9.17, 15) is 5.11 Å². The van der Waals surface area contributed by atoms with E-state index in [1.165, 1.54) is 6.33 Å². The molecule has 2 aromatic heterocycles. The number of anilines is 4. The van der Waals surface area contributed by atoms with Crippen LogP contribution in [0.2, 0.25) is 0 Å². The highest BCUT2D eigenvalue weighted by Gasteiger charge is 2.13. The molecule has 8 nitrogen and oxygen atoms in total. The van der Waals surface area contributed by atoms with Gasteiger partial charge in [0, 0.05) is 24.0 Å². The van der Waals surface area contributed by atoms with Gasteiger partial charge in [0.2, 0.25) is 0 Å². The minimum atomic E-state index is 0.171. The van der Waals surface area contributed by atoms with Crippen LogP contribution in [0.1, 0.15) is 5.56 Å². The molecule has 0 aliphatic heterocycles. The molecule has 0 saturated heterocycles. The highest BCUT2D eigenvalue weighted by Crippen LogP contribution is 2.30. The van der Waals surface area contributed by atoms with Gasteiger partial charge < -0.3 is 21.5 Å². The van der Waals surface area contributed by atoms with E-state index in [1.54, 1.807) is 18.2 Å². The molecule has 4 aromatic rings. The van der Waals surface area contributed by atoms with Gasteiger partial charge in [-0.05, 0) is 29.8 Å². The predicted octanol–water partition coefficient (Wildman–Crippen LogP) is 3.00. The summed E-state index contributed by atoms with van der Waals surface area (Å²) in [5, 5.41) is 24.0. The third kappa shape index (κ3) is 3.13. The molecule has 0 spiro atoms. The minimum absolute atomic E-state index is 0.171. The lowest BCUT2D eigenvalue weighted by molar-refractivity contribution is 0.475. The van der Waals surface area contributed by atoms with Gasteiger partial charge in [-0.15, -0.1) is 0 Å². The lowest BCUT2D eigenvalue weighted by Gasteiger charge is -2.09. The van der Waals surface area contributed by atoms with Gasteiger partial charge in [-0.3, -0.25) is 5.10 Å². The number of hydrogen-bond donors (Lipinski definition) is 5. The van der Waals surface area contributed by atoms with Crippen LogP contribution in [0.5, 0.6) is 5.75 Å². The molecule has 6 N–H and O–H groups in total. The zero-order valence-electron chi connectivity index (χ0n) is 13.8. The standard InChI is InChI=1S/C18H17N7O/c19-9-11-3-1-4-12(7-11)23-18-15-16(20-10-21-17(15)24-25-18)22-13-5-2-6-14(26)8-13/h1-8,10,26H,9,19H2,(H3,20,21,22,23,24,25). The molecule has 0 radical (unpaired) electrons. The van der Waals surface area contributed by atoms with E-state index in [4.69, 9.17) is 5.73 Å². The summed E-state index contributed by atoms with van der Waals surface area (Å²) in [6.45, 7) is 0.465. The van der Waals surface area contributed by atoms with Gasteiger partial charge >= 0.3 is 0 Å². The number of rotatable bonds is 5. The van der Waals surface area contributed by atoms with E-state index < -0.39 is 0 Å². The topological polar surface area (TPSA) is 125 Å². The Labute approximate surface area is 149 Å². The van der Waals surface area contributed by atoms with Crippen LogP contribution in [0.3, 0.4) is 0 Å². The molecule has 0 atom stereocenters. The van der Waals surface area contributed by atoms with Crippen molar-refractivity contribution in [3.8, 4) is 5.75 Å². The SMILES string of the molecule is NCc1cccc(Nc2[nH]nc3ncnc(Nc4cccc(O)c4)c23)c1. The number of phenols is 1. The van der Waals surface area contributed by atoms with Crippen LogP contribution in [0.15, 0.2) is 54.9 Å². The van der Waals surface area contributed by atoms with E-state index in [1.807, 2.05) is 30.3 Å². The molecule has 0 bridgehead atoms. The number of nitrogens with zero attached hydrogens (tertiary/aromatic N) is 3. The summed E-state index contributed by atoms with van der Waals surface area (Å²) in [6.07, 6.45) is 1.44. The second kappa shape index (κ2) is 6.69. The van der Waals surface area contributed by atoms with Crippen molar-refractivity contribution in [3.63, 3.8) is 0 Å². The van der Waals surface area contributed by atoms with Crippen LogP contribution >= 0.6 is 0 Å². The molecule has 0 aliphatic carbocycles. The molecule has 0 unspecified atom stereocenters. The van der Waals surface area contributed by atoms with Crippen LogP contribution < -0.4 is 16.4 Å². The number of hydrogen-bond acceptors (Lipinski definition) is 7. The first-order chi connectivity index (χ1) is 12.7. The van der Waals surface area contributed by atoms with Crippen LogP contribution in [-0.4, -0.2) is 25.3 Å². The summed E-state index contributed by atoms with van der Waals surface area (Å²) in [5.41, 5.74) is 8.85. The van der Waals surface area contributed by atoms with Crippen molar-refractivity contribution in [3.05, 3.63) is 60.4 Å². The third-order valence-corrected chi connectivity index (χ3v) is 3.89. The Bertz CT molecular complexity index is 1060. The first-order valence-electron chi connectivity index (χ1n) is 8.04. The van der Waals surface area contributed by atoms with Crippen LogP contribution in [0.4, 0.5) is 23.0 Å². The maximum atomic E-state index is 9.65. The Morgan fingerprint density at radius 3 is 2.62 bits per heavy atom. The zero-order chi connectivity index (χ0) is 17.9. The fourth-order valence-corrected chi connectivity index (χ4v) is 2.68. The summed E-state index contributed by atoms with van der Waals surface area (Å²) in [4.78, 5) is 8.51. The van der Waals surface area contributed by atoms with Crippen LogP contribution in [-0.2, 0) is 6.54 Å². The maximum Gasteiger partial charge on any atom is 0.188 e. The van der Waals surface area contributed by atoms with Crippen molar-refractivity contribution in [2.75, 3.05) is 10.6 Å². The molecule has 0 aliphatic rings. The van der Waals surface area contributed by atoms with Gasteiger partial charge in [0.1, 0.15) is 29.1 Å². The predicted molar refractivity (Wildman–Crippen MR) is 101 cm³/mol. The van der Waals surface area contributed by atoms with E-state index in [0.29, 0.717) is 34.9 Å². The second-order valence-electron chi connectivity index (χ2n) is 5.72. The lowest BCUT2D eigenvalue weighted by atomic mass is 10.2. The molecule has 0 amide bonds. The molecule has 130 valence electrons. The Balaban J connectivity index is 1.72. The summed E-state index contributed by atoms with van der Waals surface area (Å²) in [7, 11) is 0. The number of nitrogens with two attached hydrogens (primary N) is 1. The number of nitrogens with one attached hydrogen (secondary N) is 3. The summed E-state index contributed by atoms with van der Waals surface area (Å²) in [6, 6.07) is 14.6. The van der Waals surface area contributed by atoms with Crippen molar-refractivity contribution in [2.45, 2.75) is 6.54 Å². The highest BCUT2D eigenvalue weighted by atomic mass is 16.3. The van der Waals surface area contributed by atoms with Crippen LogP contribution in [0, 0.1) is 0 Å². The Morgan fingerprint density at radius 2 is 1.81 bits per heavy atom. The monoisotopic (exact) mass is 347 g/mol. The van der Waals surface area contributed by atoms with Gasteiger partial charge in [-0.2, -0.15) is 5.10 Å². The Kier molecular flexibility index (Phi) is 4.08. The van der Waals surface area contributed by atoms with Crippen LogP contribution in [0.25, 0.3) is 11.0 Å². The average Bonchev–Trinajstić information content (AvgIpc) is 3.06. The molecule has 2 heterocycles. The van der Waals surface area contributed by atoms with Crippen molar-refractivity contribution < 1.29 is 5.11 Å². The van der Waals surface area contributed by atoms with E-state index in [2.05, 4.69) is 30.8 Å². The number of phenolic OH excluding ortho intramolecular Hbond substituents is 1. The fraction of sp³-hybridized carbons (Fsp3) is 0.0556. The number of H-pyrrole nitrogens is 1. The van der Waals surface area contributed by atoms with Gasteiger partial charge in [-0.25, -0.2) is 9.97 Å². The molecular weight excluding hydrogens is 330 g/mol. The lowest BCUT2D eigenvalue weighted by Crippen LogP contribution is -1.99. The zero-order valence-corrected chi connectivity index (χ0v) is 13.8. The van der Waals surface area contributed by atoms with E-state index in [-0.39, 0.29) is 5.75 Å². The van der Waals surface area contributed by atoms with Gasteiger partial charge in [0.05, 0.1) is 0 Å². The first-order valence-corrected chi connectivity index (χ1v) is 8.04. The molecule has 26 heavy (non-hydrogen) atoms. The van der Waals surface area contributed by atoms with E-state index in [0.717, 1.165) is 11.3 Å². The van der Waals surface area contributed by atoms with Crippen molar-refractivity contribution >= 4 is 34.0 Å².